The molecular formula is C30H26ClNO. The third kappa shape index (κ3) is 3.86. The first-order chi connectivity index (χ1) is 16.1. The van der Waals surface area contributed by atoms with Crippen LogP contribution in [0, 0.1) is 0 Å². The van der Waals surface area contributed by atoms with Crippen LogP contribution in [0.3, 0.4) is 0 Å². The molecule has 3 heteroatoms. The van der Waals surface area contributed by atoms with E-state index >= 15 is 0 Å². The third-order valence-corrected chi connectivity index (χ3v) is 6.45. The van der Waals surface area contributed by atoms with E-state index in [1.165, 1.54) is 10.8 Å². The minimum atomic E-state index is 0.728. The van der Waals surface area contributed by atoms with Gasteiger partial charge in [0.25, 0.3) is 0 Å². The van der Waals surface area contributed by atoms with Gasteiger partial charge < -0.3 is 9.64 Å². The van der Waals surface area contributed by atoms with Gasteiger partial charge in [0.1, 0.15) is 5.75 Å². The molecule has 0 fully saturated rings. The lowest BCUT2D eigenvalue weighted by Gasteiger charge is -2.23. The predicted octanol–water partition coefficient (Wildman–Crippen LogP) is 8.05. The summed E-state index contributed by atoms with van der Waals surface area (Å²) in [5.41, 5.74) is 5.53. The van der Waals surface area contributed by atoms with Crippen molar-refractivity contribution in [3.05, 3.63) is 102 Å². The standard InChI is InChI=1S/C30H26ClNO/c1-32(2)19-26-27(31)18-22-14-8-9-15-23(22)28(26)29-24-16-10-7-13-21(24)17-25(30(29)33-3)20-11-5-4-6-12-20/h4-18H,19H2,1-3H3. The Balaban J connectivity index is 1.99. The summed E-state index contributed by atoms with van der Waals surface area (Å²) in [4.78, 5) is 2.16. The van der Waals surface area contributed by atoms with Crippen molar-refractivity contribution in [1.29, 1.82) is 0 Å². The highest BCUT2D eigenvalue weighted by atomic mass is 35.5. The molecule has 164 valence electrons. The summed E-state index contributed by atoms with van der Waals surface area (Å²) in [6, 6.07) is 31.7. The molecule has 0 amide bonds. The van der Waals surface area contributed by atoms with E-state index in [-0.39, 0.29) is 0 Å². The number of benzene rings is 5. The van der Waals surface area contributed by atoms with Gasteiger partial charge in [-0.2, -0.15) is 0 Å². The largest absolute Gasteiger partial charge is 0.495 e. The first-order valence-electron chi connectivity index (χ1n) is 11.1. The van der Waals surface area contributed by atoms with Gasteiger partial charge in [-0.1, -0.05) is 90.5 Å². The van der Waals surface area contributed by atoms with Crippen molar-refractivity contribution >= 4 is 33.1 Å². The summed E-state index contributed by atoms with van der Waals surface area (Å²) >= 11 is 6.94. The maximum absolute atomic E-state index is 6.94. The van der Waals surface area contributed by atoms with Crippen LogP contribution in [0.1, 0.15) is 5.56 Å². The van der Waals surface area contributed by atoms with E-state index in [9.17, 15) is 0 Å². The lowest BCUT2D eigenvalue weighted by Crippen LogP contribution is -2.12. The summed E-state index contributed by atoms with van der Waals surface area (Å²) < 4.78 is 6.19. The zero-order valence-corrected chi connectivity index (χ0v) is 19.9. The molecule has 0 saturated heterocycles. The molecule has 5 aromatic rings. The maximum Gasteiger partial charge on any atom is 0.135 e. The van der Waals surface area contributed by atoms with Crippen molar-refractivity contribution in [3.8, 4) is 28.0 Å². The topological polar surface area (TPSA) is 12.5 Å². The van der Waals surface area contributed by atoms with Gasteiger partial charge in [-0.05, 0) is 64.5 Å². The Morgan fingerprint density at radius 1 is 0.727 bits per heavy atom. The molecule has 0 aromatic heterocycles. The monoisotopic (exact) mass is 451 g/mol. The van der Waals surface area contributed by atoms with E-state index in [1.54, 1.807) is 7.11 Å². The van der Waals surface area contributed by atoms with Crippen LogP contribution in [-0.4, -0.2) is 26.1 Å². The van der Waals surface area contributed by atoms with Crippen molar-refractivity contribution in [3.63, 3.8) is 0 Å². The van der Waals surface area contributed by atoms with Crippen LogP contribution in [0.4, 0.5) is 0 Å². The summed E-state index contributed by atoms with van der Waals surface area (Å²) in [5.74, 6) is 0.868. The van der Waals surface area contributed by atoms with E-state index in [1.807, 2.05) is 6.07 Å². The summed E-state index contributed by atoms with van der Waals surface area (Å²) in [6.45, 7) is 0.728. The van der Waals surface area contributed by atoms with Crippen LogP contribution in [0.5, 0.6) is 5.75 Å². The number of fused-ring (bicyclic) bond motifs is 2. The highest BCUT2D eigenvalue weighted by Gasteiger charge is 2.23. The van der Waals surface area contributed by atoms with Crippen LogP contribution >= 0.6 is 11.6 Å². The molecule has 5 rings (SSSR count). The lowest BCUT2D eigenvalue weighted by atomic mass is 9.86. The Morgan fingerprint density at radius 2 is 1.30 bits per heavy atom. The highest BCUT2D eigenvalue weighted by molar-refractivity contribution is 6.33. The Hall–Kier alpha value is -3.33. The van der Waals surface area contributed by atoms with Crippen molar-refractivity contribution in [2.75, 3.05) is 21.2 Å². The number of hydrogen-bond acceptors (Lipinski definition) is 2. The van der Waals surface area contributed by atoms with Gasteiger partial charge in [0, 0.05) is 22.7 Å². The lowest BCUT2D eigenvalue weighted by molar-refractivity contribution is 0.402. The van der Waals surface area contributed by atoms with Crippen molar-refractivity contribution in [2.24, 2.45) is 0 Å². The average molecular weight is 452 g/mol. The molecule has 0 unspecified atom stereocenters. The second kappa shape index (κ2) is 8.90. The Morgan fingerprint density at radius 3 is 1.94 bits per heavy atom. The second-order valence-electron chi connectivity index (χ2n) is 8.59. The summed E-state index contributed by atoms with van der Waals surface area (Å²) in [5, 5.41) is 5.39. The SMILES string of the molecule is COc1c(-c2ccccc2)cc2ccccc2c1-c1c(CN(C)C)c(Cl)cc2ccccc12. The maximum atomic E-state index is 6.94. The van der Waals surface area contributed by atoms with Gasteiger partial charge in [-0.15, -0.1) is 0 Å². The van der Waals surface area contributed by atoms with Crippen molar-refractivity contribution in [2.45, 2.75) is 6.54 Å². The molecule has 0 saturated carbocycles. The zero-order valence-electron chi connectivity index (χ0n) is 19.1. The number of methoxy groups -OCH3 is 1. The molecule has 0 aliphatic heterocycles. The quantitative estimate of drug-likeness (QED) is 0.268. The van der Waals surface area contributed by atoms with Gasteiger partial charge in [-0.3, -0.25) is 0 Å². The molecule has 0 radical (unpaired) electrons. The van der Waals surface area contributed by atoms with Gasteiger partial charge in [0.15, 0.2) is 0 Å². The fourth-order valence-electron chi connectivity index (χ4n) is 4.73. The number of rotatable bonds is 5. The van der Waals surface area contributed by atoms with Crippen molar-refractivity contribution in [1.82, 2.24) is 4.90 Å². The number of hydrogen-bond donors (Lipinski definition) is 0. The molecule has 0 aliphatic rings. The summed E-state index contributed by atoms with van der Waals surface area (Å²) in [7, 11) is 5.91. The Bertz CT molecular complexity index is 1460. The van der Waals surface area contributed by atoms with Crippen LogP contribution in [0.25, 0.3) is 43.8 Å². The average Bonchev–Trinajstić information content (AvgIpc) is 2.84. The van der Waals surface area contributed by atoms with E-state index in [2.05, 4.69) is 104 Å². The zero-order chi connectivity index (χ0) is 22.9. The Labute approximate surface area is 200 Å². The predicted molar refractivity (Wildman–Crippen MR) is 141 cm³/mol. The van der Waals surface area contributed by atoms with E-state index in [0.717, 1.165) is 55.9 Å². The third-order valence-electron chi connectivity index (χ3n) is 6.12. The van der Waals surface area contributed by atoms with Gasteiger partial charge in [0.2, 0.25) is 0 Å². The molecule has 0 bridgehead atoms. The van der Waals surface area contributed by atoms with Gasteiger partial charge in [0.05, 0.1) is 7.11 Å². The molecule has 0 spiro atoms. The molecule has 5 aromatic carbocycles. The molecule has 0 atom stereocenters. The fraction of sp³-hybridized carbons (Fsp3) is 0.133. The van der Waals surface area contributed by atoms with E-state index in [4.69, 9.17) is 16.3 Å². The number of ether oxygens (including phenoxy) is 1. The fourth-order valence-corrected chi connectivity index (χ4v) is 5.01. The van der Waals surface area contributed by atoms with Crippen LogP contribution < -0.4 is 4.74 Å². The highest BCUT2D eigenvalue weighted by Crippen LogP contribution is 2.48. The van der Waals surface area contributed by atoms with Crippen LogP contribution in [0.15, 0.2) is 91.0 Å². The molecule has 0 heterocycles. The molecule has 0 N–H and O–H groups in total. The summed E-state index contributed by atoms with van der Waals surface area (Å²) in [6.07, 6.45) is 0. The first kappa shape index (κ1) is 21.5. The minimum Gasteiger partial charge on any atom is -0.495 e. The molecular weight excluding hydrogens is 426 g/mol. The Kier molecular flexibility index (Phi) is 5.80. The second-order valence-corrected chi connectivity index (χ2v) is 9.00. The van der Waals surface area contributed by atoms with Crippen molar-refractivity contribution < 1.29 is 4.74 Å². The van der Waals surface area contributed by atoms with E-state index < -0.39 is 0 Å². The molecule has 0 aliphatic carbocycles. The van der Waals surface area contributed by atoms with Crippen LogP contribution in [0.2, 0.25) is 5.02 Å². The van der Waals surface area contributed by atoms with E-state index in [0.29, 0.717) is 0 Å². The number of halogens is 1. The van der Waals surface area contributed by atoms with Crippen LogP contribution in [-0.2, 0) is 6.54 Å². The number of nitrogens with zero attached hydrogens (tertiary/aromatic N) is 1. The molecule has 2 nitrogen and oxygen atoms in total. The normalized spacial score (nSPS) is 11.4. The van der Waals surface area contributed by atoms with Gasteiger partial charge >= 0.3 is 0 Å². The first-order valence-corrected chi connectivity index (χ1v) is 11.5. The smallest absolute Gasteiger partial charge is 0.135 e. The molecule has 33 heavy (non-hydrogen) atoms. The van der Waals surface area contributed by atoms with Gasteiger partial charge in [-0.25, -0.2) is 0 Å². The minimum absolute atomic E-state index is 0.728.